The van der Waals surface area contributed by atoms with Gasteiger partial charge in [-0.2, -0.15) is 5.10 Å². The smallest absolute Gasteiger partial charge is 0.163 e. The summed E-state index contributed by atoms with van der Waals surface area (Å²) in [5.41, 5.74) is 6.90. The third kappa shape index (κ3) is 4.45. The average Bonchev–Trinajstić information content (AvgIpc) is 3.23. The minimum absolute atomic E-state index is 0.484. The second kappa shape index (κ2) is 9.26. The van der Waals surface area contributed by atoms with Crippen LogP contribution in [0, 0.1) is 0 Å². The molecular weight excluding hydrogens is 453 g/mol. The van der Waals surface area contributed by atoms with Crippen molar-refractivity contribution in [3.63, 3.8) is 0 Å². The Kier molecular flexibility index (Phi) is 6.03. The lowest BCUT2D eigenvalue weighted by molar-refractivity contribution is 0.306. The van der Waals surface area contributed by atoms with Crippen molar-refractivity contribution in [3.05, 3.63) is 106 Å². The number of nitrogens with zero attached hydrogens (tertiary/aromatic N) is 3. The van der Waals surface area contributed by atoms with Gasteiger partial charge in [-0.25, -0.2) is 9.50 Å². The van der Waals surface area contributed by atoms with Gasteiger partial charge >= 0.3 is 0 Å². The van der Waals surface area contributed by atoms with Gasteiger partial charge in [-0.15, -0.1) is 0 Å². The van der Waals surface area contributed by atoms with Crippen molar-refractivity contribution in [1.82, 2.24) is 14.6 Å². The summed E-state index contributed by atoms with van der Waals surface area (Å²) in [6.07, 6.45) is 2.62. The predicted octanol–water partition coefficient (Wildman–Crippen LogP) is 7.51. The molecule has 2 aromatic heterocycles. The van der Waals surface area contributed by atoms with E-state index in [4.69, 9.17) is 33.0 Å². The zero-order valence-electron chi connectivity index (χ0n) is 18.0. The number of aryl methyl sites for hydroxylation is 1. The number of halogens is 2. The minimum Gasteiger partial charge on any atom is -0.489 e. The zero-order chi connectivity index (χ0) is 22.8. The molecule has 0 aliphatic carbocycles. The zero-order valence-corrected chi connectivity index (χ0v) is 19.5. The Labute approximate surface area is 202 Å². The number of ether oxygens (including phenoxy) is 1. The maximum Gasteiger partial charge on any atom is 0.163 e. The molecule has 4 nitrogen and oxygen atoms in total. The number of rotatable bonds is 6. The summed E-state index contributed by atoms with van der Waals surface area (Å²) in [5, 5.41) is 6.30. The van der Waals surface area contributed by atoms with Crippen molar-refractivity contribution in [2.45, 2.75) is 20.0 Å². The summed E-state index contributed by atoms with van der Waals surface area (Å²) in [5.74, 6) is 0.799. The monoisotopic (exact) mass is 473 g/mol. The predicted molar refractivity (Wildman–Crippen MR) is 134 cm³/mol. The number of benzene rings is 3. The van der Waals surface area contributed by atoms with Crippen LogP contribution >= 0.6 is 23.2 Å². The van der Waals surface area contributed by atoms with Crippen molar-refractivity contribution in [2.75, 3.05) is 0 Å². The molecule has 0 bridgehead atoms. The van der Waals surface area contributed by atoms with Gasteiger partial charge in [-0.3, -0.25) is 0 Å². The first-order valence-corrected chi connectivity index (χ1v) is 11.5. The fraction of sp³-hybridized carbons (Fsp3) is 0.111. The molecule has 0 unspecified atom stereocenters. The lowest BCUT2D eigenvalue weighted by Crippen LogP contribution is -1.97. The highest BCUT2D eigenvalue weighted by atomic mass is 35.5. The summed E-state index contributed by atoms with van der Waals surface area (Å²) in [6, 6.07) is 25.5. The first kappa shape index (κ1) is 21.5. The van der Waals surface area contributed by atoms with E-state index < -0.39 is 0 Å². The average molecular weight is 474 g/mol. The van der Waals surface area contributed by atoms with E-state index in [1.165, 1.54) is 0 Å². The molecule has 3 aromatic carbocycles. The first-order chi connectivity index (χ1) is 16.1. The molecule has 0 N–H and O–H groups in total. The Morgan fingerprint density at radius 2 is 1.64 bits per heavy atom. The van der Waals surface area contributed by atoms with Crippen LogP contribution in [-0.2, 0) is 13.0 Å². The van der Waals surface area contributed by atoms with Crippen LogP contribution in [-0.4, -0.2) is 14.6 Å². The Morgan fingerprint density at radius 1 is 0.848 bits per heavy atom. The summed E-state index contributed by atoms with van der Waals surface area (Å²) in [7, 11) is 0. The van der Waals surface area contributed by atoms with E-state index in [-0.39, 0.29) is 0 Å². The van der Waals surface area contributed by atoms with Crippen LogP contribution in [0.5, 0.6) is 5.75 Å². The van der Waals surface area contributed by atoms with Crippen molar-refractivity contribution in [2.24, 2.45) is 0 Å². The maximum absolute atomic E-state index is 6.26. The van der Waals surface area contributed by atoms with Gasteiger partial charge in [-0.05, 0) is 72.1 Å². The molecule has 5 aromatic rings. The van der Waals surface area contributed by atoms with E-state index in [2.05, 4.69) is 11.9 Å². The molecule has 0 saturated carbocycles. The van der Waals surface area contributed by atoms with Crippen molar-refractivity contribution in [3.8, 4) is 28.1 Å². The number of hydrogen-bond donors (Lipinski definition) is 0. The molecular formula is C27H21Cl2N3O. The van der Waals surface area contributed by atoms with Crippen LogP contribution in [0.25, 0.3) is 28.0 Å². The Morgan fingerprint density at radius 3 is 2.36 bits per heavy atom. The largest absolute Gasteiger partial charge is 0.489 e. The molecule has 5 rings (SSSR count). The molecule has 0 amide bonds. The molecule has 0 spiro atoms. The highest BCUT2D eigenvalue weighted by molar-refractivity contribution is 6.31. The van der Waals surface area contributed by atoms with Crippen molar-refractivity contribution >= 4 is 28.8 Å². The first-order valence-electron chi connectivity index (χ1n) is 10.7. The van der Waals surface area contributed by atoms with E-state index >= 15 is 0 Å². The standard InChI is InChI=1S/C27H21Cl2N3O/c1-2-24-26(20-4-3-5-22(29)16-20)27-30-15-14-25(32(27)31-24)19-8-12-23(13-9-19)33-17-18-6-10-21(28)11-7-18/h3-16H,2,17H2,1H3. The lowest BCUT2D eigenvalue weighted by Gasteiger charge is -2.09. The van der Waals surface area contributed by atoms with Gasteiger partial charge in [0.05, 0.1) is 11.4 Å². The fourth-order valence-corrected chi connectivity index (χ4v) is 4.18. The second-order valence-corrected chi connectivity index (χ2v) is 8.56. The van der Waals surface area contributed by atoms with Gasteiger partial charge in [0.1, 0.15) is 12.4 Å². The molecule has 33 heavy (non-hydrogen) atoms. The molecule has 0 radical (unpaired) electrons. The fourth-order valence-electron chi connectivity index (χ4n) is 3.86. The van der Waals surface area contributed by atoms with Crippen LogP contribution in [0.3, 0.4) is 0 Å². The Hall–Kier alpha value is -3.34. The van der Waals surface area contributed by atoms with Gasteiger partial charge in [0, 0.05) is 27.4 Å². The molecule has 0 saturated heterocycles. The highest BCUT2D eigenvalue weighted by Gasteiger charge is 2.17. The van der Waals surface area contributed by atoms with Gasteiger partial charge in [0.2, 0.25) is 0 Å². The Balaban J connectivity index is 1.47. The number of hydrogen-bond acceptors (Lipinski definition) is 3. The van der Waals surface area contributed by atoms with E-state index in [0.717, 1.165) is 56.5 Å². The third-order valence-electron chi connectivity index (χ3n) is 5.51. The van der Waals surface area contributed by atoms with Crippen LogP contribution in [0.15, 0.2) is 85.1 Å². The normalized spacial score (nSPS) is 11.1. The van der Waals surface area contributed by atoms with Crippen molar-refractivity contribution in [1.29, 1.82) is 0 Å². The molecule has 6 heteroatoms. The van der Waals surface area contributed by atoms with Crippen molar-refractivity contribution < 1.29 is 4.74 Å². The molecule has 0 aliphatic rings. The molecule has 0 fully saturated rings. The summed E-state index contributed by atoms with van der Waals surface area (Å²) in [4.78, 5) is 4.65. The minimum atomic E-state index is 0.484. The number of aromatic nitrogens is 3. The van der Waals surface area contributed by atoms with Crippen LogP contribution in [0.2, 0.25) is 10.0 Å². The topological polar surface area (TPSA) is 39.4 Å². The van der Waals surface area contributed by atoms with Crippen LogP contribution in [0.1, 0.15) is 18.2 Å². The van der Waals surface area contributed by atoms with Crippen LogP contribution in [0.4, 0.5) is 0 Å². The quantitative estimate of drug-likeness (QED) is 0.256. The maximum atomic E-state index is 6.26. The second-order valence-electron chi connectivity index (χ2n) is 7.69. The molecule has 0 atom stereocenters. The van der Waals surface area contributed by atoms with Crippen LogP contribution < -0.4 is 4.74 Å². The van der Waals surface area contributed by atoms with Gasteiger partial charge in [-0.1, -0.05) is 54.4 Å². The molecule has 0 aliphatic heterocycles. The lowest BCUT2D eigenvalue weighted by atomic mass is 10.0. The summed E-state index contributed by atoms with van der Waals surface area (Å²) in [6.45, 7) is 2.58. The van der Waals surface area contributed by atoms with Gasteiger partial charge < -0.3 is 4.74 Å². The SMILES string of the molecule is CCc1nn2c(-c3ccc(OCc4ccc(Cl)cc4)cc3)ccnc2c1-c1cccc(Cl)c1. The molecule has 2 heterocycles. The molecule has 164 valence electrons. The van der Waals surface area contributed by atoms with Gasteiger partial charge in [0.25, 0.3) is 0 Å². The highest BCUT2D eigenvalue weighted by Crippen LogP contribution is 2.32. The summed E-state index contributed by atoms with van der Waals surface area (Å²) >= 11 is 12.2. The van der Waals surface area contributed by atoms with E-state index in [1.807, 2.05) is 89.6 Å². The third-order valence-corrected chi connectivity index (χ3v) is 6.00. The van der Waals surface area contributed by atoms with E-state index in [1.54, 1.807) is 0 Å². The Bertz CT molecular complexity index is 1410. The number of fused-ring (bicyclic) bond motifs is 1. The van der Waals surface area contributed by atoms with E-state index in [0.29, 0.717) is 11.6 Å². The van der Waals surface area contributed by atoms with Gasteiger partial charge in [0.15, 0.2) is 5.65 Å². The summed E-state index contributed by atoms with van der Waals surface area (Å²) < 4.78 is 7.84. The van der Waals surface area contributed by atoms with E-state index in [9.17, 15) is 0 Å².